The summed E-state index contributed by atoms with van der Waals surface area (Å²) in [6, 6.07) is 0. The molecule has 0 radical (unpaired) electrons. The topological polar surface area (TPSA) is 58.5 Å². The minimum atomic E-state index is -0.231. The van der Waals surface area contributed by atoms with Crippen LogP contribution < -0.4 is 6.15 Å². The first-order valence-corrected chi connectivity index (χ1v) is 3.73. The molecule has 0 aromatic heterocycles. The normalized spacial score (nSPS) is 23.4. The first-order valence-electron chi connectivity index (χ1n) is 3.73. The van der Waals surface area contributed by atoms with Gasteiger partial charge in [0.1, 0.15) is 6.23 Å². The highest BCUT2D eigenvalue weighted by Gasteiger charge is 2.12. The molecule has 1 rings (SSSR count). The largest absolute Gasteiger partial charge is 0.379 e. The number of nitrogens with zero attached hydrogens (tertiary/aromatic N) is 1. The Bertz CT molecular complexity index is 79.7. The summed E-state index contributed by atoms with van der Waals surface area (Å²) < 4.78 is 0. The van der Waals surface area contributed by atoms with E-state index < -0.39 is 0 Å². The van der Waals surface area contributed by atoms with E-state index in [9.17, 15) is 0 Å². The molecule has 1 heterocycles. The summed E-state index contributed by atoms with van der Waals surface area (Å²) in [6.07, 6.45) is 3.62. The van der Waals surface area contributed by atoms with Crippen LogP contribution in [0.1, 0.15) is 26.2 Å². The van der Waals surface area contributed by atoms with Gasteiger partial charge in [0.15, 0.2) is 0 Å². The van der Waals surface area contributed by atoms with Gasteiger partial charge in [-0.05, 0) is 19.8 Å². The van der Waals surface area contributed by atoms with Gasteiger partial charge < -0.3 is 11.3 Å². The molecule has 1 aliphatic rings. The fraction of sp³-hybridized carbons (Fsp3) is 1.00. The molecule has 0 aliphatic carbocycles. The lowest BCUT2D eigenvalue weighted by atomic mass is 10.1. The third-order valence-corrected chi connectivity index (χ3v) is 1.92. The van der Waals surface area contributed by atoms with Crippen molar-refractivity contribution in [2.24, 2.45) is 0 Å². The summed E-state index contributed by atoms with van der Waals surface area (Å²) in [4.78, 5) is 2.11. The van der Waals surface area contributed by atoms with Gasteiger partial charge in [0.05, 0.1) is 0 Å². The molecule has 1 aliphatic heterocycles. The summed E-state index contributed by atoms with van der Waals surface area (Å²) >= 11 is 0. The third kappa shape index (κ3) is 2.64. The maximum atomic E-state index is 9.10. The van der Waals surface area contributed by atoms with Crippen molar-refractivity contribution >= 4 is 0 Å². The zero-order valence-corrected chi connectivity index (χ0v) is 6.71. The molecule has 4 N–H and O–H groups in total. The van der Waals surface area contributed by atoms with E-state index in [0.717, 1.165) is 13.1 Å². The van der Waals surface area contributed by atoms with Crippen LogP contribution in [0.4, 0.5) is 0 Å². The highest BCUT2D eigenvalue weighted by Crippen LogP contribution is 2.09. The Kier molecular flexibility index (Phi) is 4.60. The highest BCUT2D eigenvalue weighted by molar-refractivity contribution is 4.63. The van der Waals surface area contributed by atoms with Crippen molar-refractivity contribution < 1.29 is 5.11 Å². The number of hydrogen-bond acceptors (Lipinski definition) is 3. The predicted molar refractivity (Wildman–Crippen MR) is 42.1 cm³/mol. The Morgan fingerprint density at radius 1 is 1.20 bits per heavy atom. The van der Waals surface area contributed by atoms with Gasteiger partial charge in [-0.15, -0.1) is 0 Å². The summed E-state index contributed by atoms with van der Waals surface area (Å²) in [5, 5.41) is 9.10. The minimum Gasteiger partial charge on any atom is -0.379 e. The molecular weight excluding hydrogens is 128 g/mol. The lowest BCUT2D eigenvalue weighted by molar-refractivity contribution is 0.00665. The van der Waals surface area contributed by atoms with Gasteiger partial charge in [0.2, 0.25) is 0 Å². The molecule has 3 nitrogen and oxygen atoms in total. The quantitative estimate of drug-likeness (QED) is 0.579. The Balaban J connectivity index is 0.000000810. The molecule has 0 spiro atoms. The SMILES string of the molecule is CC(O)N1CCCCC1.N. The molecule has 1 unspecified atom stereocenters. The average Bonchev–Trinajstić information content (AvgIpc) is 1.90. The van der Waals surface area contributed by atoms with Gasteiger partial charge in [-0.2, -0.15) is 0 Å². The van der Waals surface area contributed by atoms with Crippen LogP contribution in [-0.4, -0.2) is 29.3 Å². The van der Waals surface area contributed by atoms with Gasteiger partial charge in [0, 0.05) is 13.1 Å². The molecule has 3 heteroatoms. The van der Waals surface area contributed by atoms with E-state index in [4.69, 9.17) is 5.11 Å². The first kappa shape index (κ1) is 9.88. The van der Waals surface area contributed by atoms with Crippen LogP contribution in [0.2, 0.25) is 0 Å². The summed E-state index contributed by atoms with van der Waals surface area (Å²) in [6.45, 7) is 4.00. The summed E-state index contributed by atoms with van der Waals surface area (Å²) in [7, 11) is 0. The second-order valence-electron chi connectivity index (χ2n) is 2.73. The van der Waals surface area contributed by atoms with Crippen molar-refractivity contribution in [1.82, 2.24) is 11.1 Å². The van der Waals surface area contributed by atoms with E-state index in [1.54, 1.807) is 0 Å². The zero-order valence-electron chi connectivity index (χ0n) is 6.71. The number of hydrogen-bond donors (Lipinski definition) is 2. The molecular formula is C7H18N2O. The van der Waals surface area contributed by atoms with Crippen LogP contribution in [0.15, 0.2) is 0 Å². The molecule has 0 aromatic carbocycles. The monoisotopic (exact) mass is 146 g/mol. The van der Waals surface area contributed by atoms with Crippen LogP contribution in [0.25, 0.3) is 0 Å². The van der Waals surface area contributed by atoms with E-state index in [1.807, 2.05) is 6.92 Å². The van der Waals surface area contributed by atoms with Crippen LogP contribution in [0, 0.1) is 0 Å². The van der Waals surface area contributed by atoms with Crippen molar-refractivity contribution in [3.63, 3.8) is 0 Å². The van der Waals surface area contributed by atoms with Gasteiger partial charge in [-0.1, -0.05) is 6.42 Å². The van der Waals surface area contributed by atoms with Gasteiger partial charge in [-0.25, -0.2) is 0 Å². The van der Waals surface area contributed by atoms with Crippen molar-refractivity contribution in [2.75, 3.05) is 13.1 Å². The molecule has 0 saturated carbocycles. The van der Waals surface area contributed by atoms with E-state index in [2.05, 4.69) is 4.90 Å². The third-order valence-electron chi connectivity index (χ3n) is 1.92. The molecule has 1 atom stereocenters. The van der Waals surface area contributed by atoms with Crippen LogP contribution in [-0.2, 0) is 0 Å². The Hall–Kier alpha value is -0.120. The van der Waals surface area contributed by atoms with Crippen LogP contribution in [0.3, 0.4) is 0 Å². The van der Waals surface area contributed by atoms with Crippen molar-refractivity contribution in [1.29, 1.82) is 0 Å². The summed E-state index contributed by atoms with van der Waals surface area (Å²) in [5.41, 5.74) is 0. The van der Waals surface area contributed by atoms with Crippen LogP contribution in [0.5, 0.6) is 0 Å². The van der Waals surface area contributed by atoms with Gasteiger partial charge in [-0.3, -0.25) is 4.90 Å². The lowest BCUT2D eigenvalue weighted by Gasteiger charge is -2.28. The maximum Gasteiger partial charge on any atom is 0.104 e. The fourth-order valence-electron chi connectivity index (χ4n) is 1.29. The van der Waals surface area contributed by atoms with Gasteiger partial charge in [0.25, 0.3) is 0 Å². The number of likely N-dealkylation sites (tertiary alicyclic amines) is 1. The van der Waals surface area contributed by atoms with Crippen molar-refractivity contribution in [3.8, 4) is 0 Å². The smallest absolute Gasteiger partial charge is 0.104 e. The lowest BCUT2D eigenvalue weighted by Crippen LogP contribution is -2.36. The number of aliphatic hydroxyl groups excluding tert-OH is 1. The van der Waals surface area contributed by atoms with Crippen molar-refractivity contribution in [3.05, 3.63) is 0 Å². The average molecular weight is 146 g/mol. The minimum absolute atomic E-state index is 0. The fourth-order valence-corrected chi connectivity index (χ4v) is 1.29. The molecule has 0 bridgehead atoms. The predicted octanol–water partition coefficient (Wildman–Crippen LogP) is 0.973. The second kappa shape index (κ2) is 4.66. The molecule has 0 aromatic rings. The first-order chi connectivity index (χ1) is 4.30. The Labute approximate surface area is 62.6 Å². The number of piperidine rings is 1. The second-order valence-corrected chi connectivity index (χ2v) is 2.73. The zero-order chi connectivity index (χ0) is 6.69. The Morgan fingerprint density at radius 3 is 2.00 bits per heavy atom. The summed E-state index contributed by atoms with van der Waals surface area (Å²) in [5.74, 6) is 0. The van der Waals surface area contributed by atoms with E-state index in [-0.39, 0.29) is 12.4 Å². The number of aliphatic hydroxyl groups is 1. The van der Waals surface area contributed by atoms with E-state index >= 15 is 0 Å². The standard InChI is InChI=1S/C7H15NO.H3N/c1-7(9)8-5-3-2-4-6-8;/h7,9H,2-6H2,1H3;1H3. The van der Waals surface area contributed by atoms with Gasteiger partial charge >= 0.3 is 0 Å². The maximum absolute atomic E-state index is 9.10. The van der Waals surface area contributed by atoms with E-state index in [1.165, 1.54) is 19.3 Å². The molecule has 0 amide bonds. The molecule has 62 valence electrons. The molecule has 10 heavy (non-hydrogen) atoms. The highest BCUT2D eigenvalue weighted by atomic mass is 16.3. The Morgan fingerprint density at radius 2 is 1.70 bits per heavy atom. The molecule has 1 saturated heterocycles. The number of rotatable bonds is 1. The molecule has 1 fully saturated rings. The van der Waals surface area contributed by atoms with E-state index in [0.29, 0.717) is 0 Å². The van der Waals surface area contributed by atoms with Crippen LogP contribution >= 0.6 is 0 Å². The van der Waals surface area contributed by atoms with Crippen molar-refractivity contribution in [2.45, 2.75) is 32.4 Å².